The van der Waals surface area contributed by atoms with E-state index in [0.29, 0.717) is 11.9 Å². The lowest BCUT2D eigenvalue weighted by atomic mass is 9.97. The quantitative estimate of drug-likeness (QED) is 0.823. The van der Waals surface area contributed by atoms with Crippen LogP contribution in [0.4, 0.5) is 5.69 Å². The van der Waals surface area contributed by atoms with Gasteiger partial charge < -0.3 is 14.5 Å². The SMILES string of the molecule is Cc1cnccc1N1CCN(C2CCCN(C3CCOCC3)C2=O)CC1. The molecule has 0 aromatic carbocycles. The lowest BCUT2D eigenvalue weighted by Crippen LogP contribution is -2.59. The maximum absolute atomic E-state index is 13.2. The monoisotopic (exact) mass is 358 g/mol. The molecule has 0 radical (unpaired) electrons. The first kappa shape index (κ1) is 17.7. The first-order chi connectivity index (χ1) is 12.7. The zero-order valence-corrected chi connectivity index (χ0v) is 15.8. The second kappa shape index (κ2) is 7.92. The van der Waals surface area contributed by atoms with Crippen LogP contribution in [0.15, 0.2) is 18.5 Å². The summed E-state index contributed by atoms with van der Waals surface area (Å²) in [6.07, 6.45) is 7.91. The minimum Gasteiger partial charge on any atom is -0.381 e. The Balaban J connectivity index is 1.37. The molecule has 0 N–H and O–H groups in total. The average Bonchev–Trinajstić information content (AvgIpc) is 2.69. The smallest absolute Gasteiger partial charge is 0.240 e. The molecule has 4 rings (SSSR count). The van der Waals surface area contributed by atoms with Gasteiger partial charge in [0.1, 0.15) is 0 Å². The maximum Gasteiger partial charge on any atom is 0.240 e. The number of ether oxygens (including phenoxy) is 1. The van der Waals surface area contributed by atoms with Gasteiger partial charge in [-0.05, 0) is 44.2 Å². The lowest BCUT2D eigenvalue weighted by Gasteiger charge is -2.45. The second-order valence-electron chi connectivity index (χ2n) is 7.72. The van der Waals surface area contributed by atoms with Crippen molar-refractivity contribution in [3.8, 4) is 0 Å². The van der Waals surface area contributed by atoms with Crippen LogP contribution in [0.1, 0.15) is 31.2 Å². The third kappa shape index (κ3) is 3.58. The van der Waals surface area contributed by atoms with Crippen LogP contribution in [0.2, 0.25) is 0 Å². The number of carbonyl (C=O) groups excluding carboxylic acids is 1. The van der Waals surface area contributed by atoms with Gasteiger partial charge in [-0.2, -0.15) is 0 Å². The Bertz CT molecular complexity index is 624. The summed E-state index contributed by atoms with van der Waals surface area (Å²) in [5.41, 5.74) is 2.50. The molecule has 6 heteroatoms. The zero-order chi connectivity index (χ0) is 17.9. The highest BCUT2D eigenvalue weighted by Gasteiger charge is 2.37. The summed E-state index contributed by atoms with van der Waals surface area (Å²) in [6.45, 7) is 8.50. The molecule has 1 amide bonds. The van der Waals surface area contributed by atoms with Crippen LogP contribution in [-0.2, 0) is 9.53 Å². The number of amides is 1. The number of aryl methyl sites for hydroxylation is 1. The molecule has 0 bridgehead atoms. The van der Waals surface area contributed by atoms with Crippen LogP contribution in [0.5, 0.6) is 0 Å². The van der Waals surface area contributed by atoms with E-state index >= 15 is 0 Å². The van der Waals surface area contributed by atoms with Crippen molar-refractivity contribution in [1.82, 2.24) is 14.8 Å². The summed E-state index contributed by atoms with van der Waals surface area (Å²) in [4.78, 5) is 24.4. The largest absolute Gasteiger partial charge is 0.381 e. The van der Waals surface area contributed by atoms with Crippen molar-refractivity contribution >= 4 is 11.6 Å². The Morgan fingerprint density at radius 2 is 1.85 bits per heavy atom. The topological polar surface area (TPSA) is 48.9 Å². The van der Waals surface area contributed by atoms with E-state index in [1.807, 2.05) is 12.4 Å². The number of anilines is 1. The van der Waals surface area contributed by atoms with Crippen LogP contribution in [0, 0.1) is 6.92 Å². The van der Waals surface area contributed by atoms with E-state index in [4.69, 9.17) is 4.74 Å². The third-order valence-corrected chi connectivity index (χ3v) is 6.16. The number of likely N-dealkylation sites (tertiary alicyclic amines) is 1. The van der Waals surface area contributed by atoms with E-state index in [0.717, 1.165) is 71.6 Å². The summed E-state index contributed by atoms with van der Waals surface area (Å²) < 4.78 is 5.47. The van der Waals surface area contributed by atoms with Crippen molar-refractivity contribution in [3.63, 3.8) is 0 Å². The molecule has 0 saturated carbocycles. The molecule has 1 unspecified atom stereocenters. The van der Waals surface area contributed by atoms with Crippen molar-refractivity contribution in [2.45, 2.75) is 44.7 Å². The summed E-state index contributed by atoms with van der Waals surface area (Å²) in [7, 11) is 0. The van der Waals surface area contributed by atoms with Gasteiger partial charge in [0, 0.05) is 70.1 Å². The lowest BCUT2D eigenvalue weighted by molar-refractivity contribution is -0.145. The fourth-order valence-electron chi connectivity index (χ4n) is 4.67. The molecule has 1 aromatic rings. The number of pyridine rings is 1. The van der Waals surface area contributed by atoms with Crippen molar-refractivity contribution in [3.05, 3.63) is 24.0 Å². The molecule has 3 fully saturated rings. The normalized spacial score (nSPS) is 26.3. The molecule has 4 heterocycles. The van der Waals surface area contributed by atoms with E-state index < -0.39 is 0 Å². The number of rotatable bonds is 3. The van der Waals surface area contributed by atoms with Crippen LogP contribution in [0.25, 0.3) is 0 Å². The molecular formula is C20H30N4O2. The average molecular weight is 358 g/mol. The summed E-state index contributed by atoms with van der Waals surface area (Å²) in [5, 5.41) is 0. The number of nitrogens with zero attached hydrogens (tertiary/aromatic N) is 4. The first-order valence-corrected chi connectivity index (χ1v) is 10.0. The van der Waals surface area contributed by atoms with Gasteiger partial charge in [-0.25, -0.2) is 0 Å². The molecule has 0 spiro atoms. The van der Waals surface area contributed by atoms with Gasteiger partial charge in [0.15, 0.2) is 0 Å². The Morgan fingerprint density at radius 1 is 1.08 bits per heavy atom. The molecular weight excluding hydrogens is 328 g/mol. The molecule has 26 heavy (non-hydrogen) atoms. The molecule has 6 nitrogen and oxygen atoms in total. The number of piperazine rings is 1. The van der Waals surface area contributed by atoms with E-state index in [-0.39, 0.29) is 6.04 Å². The van der Waals surface area contributed by atoms with E-state index in [1.54, 1.807) is 0 Å². The molecule has 1 atom stereocenters. The highest BCUT2D eigenvalue weighted by atomic mass is 16.5. The number of hydrogen-bond donors (Lipinski definition) is 0. The number of carbonyl (C=O) groups is 1. The van der Waals surface area contributed by atoms with Crippen molar-refractivity contribution in [2.24, 2.45) is 0 Å². The molecule has 142 valence electrons. The predicted molar refractivity (Wildman–Crippen MR) is 101 cm³/mol. The standard InChI is InChI=1S/C20H30N4O2/c1-16-15-21-7-4-18(16)22-9-11-23(12-10-22)19-3-2-8-24(20(19)25)17-5-13-26-14-6-17/h4,7,15,17,19H,2-3,5-6,8-14H2,1H3. The summed E-state index contributed by atoms with van der Waals surface area (Å²) in [6, 6.07) is 2.57. The number of piperidine rings is 1. The van der Waals surface area contributed by atoms with Gasteiger partial charge in [0.2, 0.25) is 5.91 Å². The van der Waals surface area contributed by atoms with Crippen molar-refractivity contribution in [1.29, 1.82) is 0 Å². The van der Waals surface area contributed by atoms with E-state index in [2.05, 4.69) is 32.7 Å². The minimum atomic E-state index is 0.0762. The molecule has 0 aliphatic carbocycles. The Kier molecular flexibility index (Phi) is 5.41. The van der Waals surface area contributed by atoms with Gasteiger partial charge in [-0.1, -0.05) is 0 Å². The van der Waals surface area contributed by atoms with Gasteiger partial charge in [0.25, 0.3) is 0 Å². The first-order valence-electron chi connectivity index (χ1n) is 10.0. The van der Waals surface area contributed by atoms with Crippen molar-refractivity contribution < 1.29 is 9.53 Å². The predicted octanol–water partition coefficient (Wildman–Crippen LogP) is 1.68. The summed E-state index contributed by atoms with van der Waals surface area (Å²) >= 11 is 0. The number of aromatic nitrogens is 1. The third-order valence-electron chi connectivity index (χ3n) is 6.16. The molecule has 3 saturated heterocycles. The van der Waals surface area contributed by atoms with Gasteiger partial charge in [-0.15, -0.1) is 0 Å². The van der Waals surface area contributed by atoms with Crippen LogP contribution in [-0.4, -0.2) is 78.7 Å². The van der Waals surface area contributed by atoms with E-state index in [1.165, 1.54) is 11.3 Å². The van der Waals surface area contributed by atoms with Crippen LogP contribution in [0.3, 0.4) is 0 Å². The zero-order valence-electron chi connectivity index (χ0n) is 15.8. The minimum absolute atomic E-state index is 0.0762. The fraction of sp³-hybridized carbons (Fsp3) is 0.700. The van der Waals surface area contributed by atoms with E-state index in [9.17, 15) is 4.79 Å². The Labute approximate surface area is 156 Å². The maximum atomic E-state index is 13.2. The number of hydrogen-bond acceptors (Lipinski definition) is 5. The Morgan fingerprint density at radius 3 is 2.58 bits per heavy atom. The van der Waals surface area contributed by atoms with Crippen molar-refractivity contribution in [2.75, 3.05) is 50.8 Å². The van der Waals surface area contributed by atoms with Gasteiger partial charge in [0.05, 0.1) is 6.04 Å². The summed E-state index contributed by atoms with van der Waals surface area (Å²) in [5.74, 6) is 0.358. The Hall–Kier alpha value is -1.66. The second-order valence-corrected chi connectivity index (χ2v) is 7.72. The molecule has 3 aliphatic rings. The molecule has 3 aliphatic heterocycles. The van der Waals surface area contributed by atoms with Gasteiger partial charge >= 0.3 is 0 Å². The highest BCUT2D eigenvalue weighted by Crippen LogP contribution is 2.26. The fourth-order valence-corrected chi connectivity index (χ4v) is 4.67. The van der Waals surface area contributed by atoms with Crippen LogP contribution < -0.4 is 4.90 Å². The highest BCUT2D eigenvalue weighted by molar-refractivity contribution is 5.83. The molecule has 1 aromatic heterocycles. The van der Waals surface area contributed by atoms with Gasteiger partial charge in [-0.3, -0.25) is 14.7 Å². The van der Waals surface area contributed by atoms with Crippen LogP contribution >= 0.6 is 0 Å².